The summed E-state index contributed by atoms with van der Waals surface area (Å²) in [7, 11) is 1.78. The van der Waals surface area contributed by atoms with E-state index in [1.54, 1.807) is 7.11 Å². The molecule has 3 fully saturated rings. The molecule has 0 aromatic heterocycles. The molecular weight excluding hydrogens is 344 g/mol. The van der Waals surface area contributed by atoms with Crippen LogP contribution in [0, 0.1) is 11.3 Å². The van der Waals surface area contributed by atoms with Gasteiger partial charge in [-0.1, -0.05) is 31.0 Å². The van der Waals surface area contributed by atoms with Gasteiger partial charge in [0.2, 0.25) is 0 Å². The second kappa shape index (κ2) is 5.77. The molecule has 4 nitrogen and oxygen atoms in total. The first-order valence-corrected chi connectivity index (χ1v) is 10.3. The normalized spacial score (nSPS) is 35.2. The monoisotopic (exact) mass is 370 g/mol. The molecule has 0 radical (unpaired) electrons. The molecule has 1 heterocycles. The Hall–Kier alpha value is -1.46. The number of ether oxygens (including phenoxy) is 1. The Balaban J connectivity index is 1.57. The van der Waals surface area contributed by atoms with Crippen LogP contribution in [0.4, 0.5) is 0 Å². The van der Waals surface area contributed by atoms with Gasteiger partial charge in [0.15, 0.2) is 10.7 Å². The third-order valence-corrected chi connectivity index (χ3v) is 7.41. The average molecular weight is 371 g/mol. The molecule has 5 heteroatoms. The number of thiocarbonyl (C=S) groups is 1. The molecule has 3 atom stereocenters. The molecule has 1 saturated heterocycles. The Kier molecular flexibility index (Phi) is 3.70. The van der Waals surface area contributed by atoms with Crippen molar-refractivity contribution in [2.75, 3.05) is 7.11 Å². The molecule has 1 aromatic rings. The van der Waals surface area contributed by atoms with E-state index in [0.717, 1.165) is 43.6 Å². The van der Waals surface area contributed by atoms with Gasteiger partial charge < -0.3 is 15.4 Å². The number of hydrogen-bond acceptors (Lipinski definition) is 3. The summed E-state index contributed by atoms with van der Waals surface area (Å²) in [6, 6.07) is 6.81. The molecule has 3 unspecified atom stereocenters. The SMILES string of the molecule is COC1CCC2(Cc3ccc(CCC4CC4)cc3C23NC(=S)NC3=O)C1. The number of hydrogen-bond donors (Lipinski definition) is 2. The maximum Gasteiger partial charge on any atom is 0.257 e. The van der Waals surface area contributed by atoms with Crippen molar-refractivity contribution in [1.29, 1.82) is 0 Å². The van der Waals surface area contributed by atoms with Crippen molar-refractivity contribution in [2.24, 2.45) is 11.3 Å². The van der Waals surface area contributed by atoms with Crippen LogP contribution in [-0.2, 0) is 27.9 Å². The van der Waals surface area contributed by atoms with Crippen molar-refractivity contribution in [1.82, 2.24) is 10.6 Å². The van der Waals surface area contributed by atoms with Gasteiger partial charge in [-0.3, -0.25) is 4.79 Å². The maximum absolute atomic E-state index is 13.2. The summed E-state index contributed by atoms with van der Waals surface area (Å²) < 4.78 is 5.66. The topological polar surface area (TPSA) is 50.4 Å². The van der Waals surface area contributed by atoms with E-state index in [2.05, 4.69) is 28.8 Å². The highest BCUT2D eigenvalue weighted by Crippen LogP contribution is 2.60. The van der Waals surface area contributed by atoms with Gasteiger partial charge in [0.05, 0.1) is 6.10 Å². The molecule has 2 saturated carbocycles. The zero-order valence-corrected chi connectivity index (χ0v) is 16.1. The van der Waals surface area contributed by atoms with Crippen LogP contribution < -0.4 is 10.6 Å². The molecule has 2 spiro atoms. The first kappa shape index (κ1) is 16.7. The Morgan fingerprint density at radius 3 is 2.81 bits per heavy atom. The highest BCUT2D eigenvalue weighted by atomic mass is 32.1. The van der Waals surface area contributed by atoms with Gasteiger partial charge in [-0.2, -0.15) is 0 Å². The number of nitrogens with one attached hydrogen (secondary N) is 2. The highest BCUT2D eigenvalue weighted by molar-refractivity contribution is 7.80. The Labute approximate surface area is 160 Å². The third-order valence-electron chi connectivity index (χ3n) is 7.21. The molecule has 2 N–H and O–H groups in total. The lowest BCUT2D eigenvalue weighted by atomic mass is 9.68. The van der Waals surface area contributed by atoms with Crippen molar-refractivity contribution >= 4 is 23.2 Å². The minimum Gasteiger partial charge on any atom is -0.381 e. The van der Waals surface area contributed by atoms with Crippen molar-refractivity contribution in [3.05, 3.63) is 34.9 Å². The quantitative estimate of drug-likeness (QED) is 0.800. The van der Waals surface area contributed by atoms with E-state index < -0.39 is 5.54 Å². The van der Waals surface area contributed by atoms with E-state index in [-0.39, 0.29) is 17.4 Å². The number of carbonyl (C=O) groups excluding carboxylic acids is 1. The van der Waals surface area contributed by atoms with Gasteiger partial charge >= 0.3 is 0 Å². The first-order valence-electron chi connectivity index (χ1n) is 9.85. The second-order valence-electron chi connectivity index (χ2n) is 8.69. The average Bonchev–Trinajstić information content (AvgIpc) is 3.20. The minimum atomic E-state index is -0.720. The summed E-state index contributed by atoms with van der Waals surface area (Å²) in [6.07, 6.45) is 9.17. The number of methoxy groups -OCH3 is 1. The molecule has 5 rings (SSSR count). The summed E-state index contributed by atoms with van der Waals surface area (Å²) >= 11 is 5.36. The highest BCUT2D eigenvalue weighted by Gasteiger charge is 2.66. The number of rotatable bonds is 4. The van der Waals surface area contributed by atoms with Gasteiger partial charge in [0, 0.05) is 12.5 Å². The van der Waals surface area contributed by atoms with E-state index >= 15 is 0 Å². The number of amides is 1. The fourth-order valence-electron chi connectivity index (χ4n) is 5.64. The van der Waals surface area contributed by atoms with Crippen LogP contribution >= 0.6 is 12.2 Å². The van der Waals surface area contributed by atoms with Gasteiger partial charge in [-0.05, 0) is 73.4 Å². The predicted molar refractivity (Wildman–Crippen MR) is 104 cm³/mol. The minimum absolute atomic E-state index is 0.0253. The summed E-state index contributed by atoms with van der Waals surface area (Å²) in [5, 5.41) is 6.79. The standard InChI is InChI=1S/C21H26N2O2S/c1-25-16-8-9-20(12-16)11-15-7-6-14(5-4-13-2-3-13)10-17(15)21(20)18(24)22-19(26)23-21/h6-7,10,13,16H,2-5,8-9,11-12H2,1H3,(H2,22,23,24,26). The lowest BCUT2D eigenvalue weighted by molar-refractivity contribution is -0.129. The van der Waals surface area contributed by atoms with Crippen LogP contribution in [0.3, 0.4) is 0 Å². The fourth-order valence-corrected chi connectivity index (χ4v) is 5.89. The zero-order chi connectivity index (χ0) is 17.9. The summed E-state index contributed by atoms with van der Waals surface area (Å²) in [5.74, 6) is 0.943. The third kappa shape index (κ3) is 2.29. The van der Waals surface area contributed by atoms with Gasteiger partial charge in [0.25, 0.3) is 5.91 Å². The van der Waals surface area contributed by atoms with Crippen LogP contribution in [0.1, 0.15) is 55.2 Å². The summed E-state index contributed by atoms with van der Waals surface area (Å²) in [4.78, 5) is 13.2. The predicted octanol–water partition coefficient (Wildman–Crippen LogP) is 2.97. The van der Waals surface area contributed by atoms with Crippen LogP contribution in [0.25, 0.3) is 0 Å². The zero-order valence-electron chi connectivity index (χ0n) is 15.3. The second-order valence-corrected chi connectivity index (χ2v) is 9.10. The lowest BCUT2D eigenvalue weighted by Gasteiger charge is -2.39. The molecule has 3 aliphatic carbocycles. The van der Waals surface area contributed by atoms with Crippen molar-refractivity contribution in [3.63, 3.8) is 0 Å². The van der Waals surface area contributed by atoms with E-state index in [1.165, 1.54) is 30.4 Å². The van der Waals surface area contributed by atoms with Gasteiger partial charge in [0.1, 0.15) is 0 Å². The van der Waals surface area contributed by atoms with Crippen LogP contribution in [0.15, 0.2) is 18.2 Å². The Morgan fingerprint density at radius 2 is 2.15 bits per heavy atom. The fraction of sp³-hybridized carbons (Fsp3) is 0.619. The summed E-state index contributed by atoms with van der Waals surface area (Å²) in [5.41, 5.74) is 2.93. The molecule has 1 aromatic carbocycles. The number of fused-ring (bicyclic) bond motifs is 3. The van der Waals surface area contributed by atoms with Crippen molar-refractivity contribution < 1.29 is 9.53 Å². The summed E-state index contributed by atoms with van der Waals surface area (Å²) in [6.45, 7) is 0. The molecular formula is C21H26N2O2S. The van der Waals surface area contributed by atoms with Crippen LogP contribution in [0.5, 0.6) is 0 Å². The number of carbonyl (C=O) groups is 1. The largest absolute Gasteiger partial charge is 0.381 e. The molecule has 1 amide bonds. The van der Waals surface area contributed by atoms with Gasteiger partial charge in [-0.25, -0.2) is 0 Å². The van der Waals surface area contributed by atoms with Crippen molar-refractivity contribution in [3.8, 4) is 0 Å². The lowest BCUT2D eigenvalue weighted by Crippen LogP contribution is -2.54. The van der Waals surface area contributed by atoms with Crippen LogP contribution in [-0.4, -0.2) is 24.2 Å². The number of benzene rings is 1. The molecule has 138 valence electrons. The Bertz CT molecular complexity index is 790. The van der Waals surface area contributed by atoms with Crippen molar-refractivity contribution in [2.45, 2.75) is 63.0 Å². The molecule has 0 bridgehead atoms. The smallest absolute Gasteiger partial charge is 0.257 e. The van der Waals surface area contributed by atoms with E-state index in [0.29, 0.717) is 5.11 Å². The molecule has 26 heavy (non-hydrogen) atoms. The number of aryl methyl sites for hydroxylation is 1. The first-order chi connectivity index (χ1) is 12.6. The Morgan fingerprint density at radius 1 is 1.31 bits per heavy atom. The van der Waals surface area contributed by atoms with E-state index in [1.807, 2.05) is 0 Å². The molecule has 1 aliphatic heterocycles. The van der Waals surface area contributed by atoms with Crippen LogP contribution in [0.2, 0.25) is 0 Å². The van der Waals surface area contributed by atoms with E-state index in [4.69, 9.17) is 17.0 Å². The molecule has 4 aliphatic rings. The maximum atomic E-state index is 13.2. The van der Waals surface area contributed by atoms with E-state index in [9.17, 15) is 4.79 Å². The van der Waals surface area contributed by atoms with Gasteiger partial charge in [-0.15, -0.1) is 0 Å².